The first-order chi connectivity index (χ1) is 12.3. The van der Waals surface area contributed by atoms with Crippen molar-refractivity contribution in [3.8, 4) is 0 Å². The van der Waals surface area contributed by atoms with Crippen molar-refractivity contribution in [3.05, 3.63) is 11.6 Å². The SMILES string of the molecule is CN=C(NC1CCc2nc(COC)nn2C1)NC1CC(C)(OC)C1(C)C.I. The zero-order valence-corrected chi connectivity index (χ0v) is 19.5. The van der Waals surface area contributed by atoms with Crippen LogP contribution in [-0.4, -0.2) is 59.7 Å². The van der Waals surface area contributed by atoms with Gasteiger partial charge in [0.05, 0.1) is 12.1 Å². The van der Waals surface area contributed by atoms with E-state index >= 15 is 0 Å². The molecular weight excluding hydrogens is 459 g/mol. The van der Waals surface area contributed by atoms with Gasteiger partial charge in [-0.05, 0) is 19.8 Å². The van der Waals surface area contributed by atoms with Crippen LogP contribution in [0, 0.1) is 5.41 Å². The summed E-state index contributed by atoms with van der Waals surface area (Å²) in [5, 5.41) is 11.7. The molecule has 3 unspecified atom stereocenters. The maximum atomic E-state index is 5.72. The van der Waals surface area contributed by atoms with E-state index in [1.54, 1.807) is 14.2 Å². The standard InChI is InChI=1S/C18H32N6O2.HI/c1-17(2)13(9-18(17,3)26-6)21-16(19-4)20-12-7-8-15-22-14(11-25-5)23-24(15)10-12;/h12-13H,7-11H2,1-6H3,(H2,19,20,21);1H. The van der Waals surface area contributed by atoms with Crippen LogP contribution in [0.4, 0.5) is 0 Å². The van der Waals surface area contributed by atoms with E-state index in [0.29, 0.717) is 12.6 Å². The van der Waals surface area contributed by atoms with Gasteiger partial charge in [-0.3, -0.25) is 4.99 Å². The summed E-state index contributed by atoms with van der Waals surface area (Å²) in [6.07, 6.45) is 2.88. The minimum absolute atomic E-state index is 0. The minimum Gasteiger partial charge on any atom is -0.378 e. The van der Waals surface area contributed by atoms with Crippen LogP contribution >= 0.6 is 24.0 Å². The summed E-state index contributed by atoms with van der Waals surface area (Å²) in [6.45, 7) is 7.90. The zero-order chi connectivity index (χ0) is 18.9. The van der Waals surface area contributed by atoms with E-state index in [4.69, 9.17) is 9.47 Å². The van der Waals surface area contributed by atoms with E-state index in [0.717, 1.165) is 43.4 Å². The van der Waals surface area contributed by atoms with Gasteiger partial charge in [0.2, 0.25) is 0 Å². The predicted octanol–water partition coefficient (Wildman–Crippen LogP) is 1.73. The van der Waals surface area contributed by atoms with Crippen LogP contribution in [0.15, 0.2) is 4.99 Å². The summed E-state index contributed by atoms with van der Waals surface area (Å²) in [5.41, 5.74) is -0.0538. The molecule has 1 aliphatic carbocycles. The van der Waals surface area contributed by atoms with Crippen LogP contribution in [0.2, 0.25) is 0 Å². The average molecular weight is 492 g/mol. The van der Waals surface area contributed by atoms with Gasteiger partial charge in [-0.1, -0.05) is 13.8 Å². The Hall–Kier alpha value is -0.940. The highest BCUT2D eigenvalue weighted by Crippen LogP contribution is 2.51. The quantitative estimate of drug-likeness (QED) is 0.370. The van der Waals surface area contributed by atoms with Crippen molar-refractivity contribution in [1.29, 1.82) is 0 Å². The molecule has 8 nitrogen and oxygen atoms in total. The minimum atomic E-state index is -0.0955. The summed E-state index contributed by atoms with van der Waals surface area (Å²) in [4.78, 5) is 8.95. The van der Waals surface area contributed by atoms with Crippen molar-refractivity contribution < 1.29 is 9.47 Å². The number of aliphatic imine (C=N–C) groups is 1. The highest BCUT2D eigenvalue weighted by atomic mass is 127. The maximum Gasteiger partial charge on any atom is 0.191 e. The van der Waals surface area contributed by atoms with E-state index in [1.165, 1.54) is 0 Å². The molecule has 27 heavy (non-hydrogen) atoms. The Morgan fingerprint density at radius 3 is 2.63 bits per heavy atom. The van der Waals surface area contributed by atoms with Crippen molar-refractivity contribution >= 4 is 29.9 Å². The molecule has 3 atom stereocenters. The lowest BCUT2D eigenvalue weighted by molar-refractivity contribution is -0.176. The van der Waals surface area contributed by atoms with Gasteiger partial charge in [-0.25, -0.2) is 9.67 Å². The Kier molecular flexibility index (Phi) is 7.12. The molecule has 3 rings (SSSR count). The molecular formula is C18H33IN6O2. The third-order valence-corrected chi connectivity index (χ3v) is 6.33. The van der Waals surface area contributed by atoms with Gasteiger partial charge in [0.15, 0.2) is 11.8 Å². The van der Waals surface area contributed by atoms with E-state index in [9.17, 15) is 0 Å². The number of hydrogen-bond donors (Lipinski definition) is 2. The molecule has 0 saturated heterocycles. The van der Waals surface area contributed by atoms with Crippen LogP contribution < -0.4 is 10.6 Å². The van der Waals surface area contributed by atoms with Crippen LogP contribution in [0.5, 0.6) is 0 Å². The molecule has 0 spiro atoms. The Bertz CT molecular complexity index is 677. The van der Waals surface area contributed by atoms with Gasteiger partial charge in [0.25, 0.3) is 0 Å². The first-order valence-electron chi connectivity index (χ1n) is 9.29. The second kappa shape index (κ2) is 8.60. The second-order valence-corrected chi connectivity index (χ2v) is 8.07. The third-order valence-electron chi connectivity index (χ3n) is 6.33. The number of ether oxygens (including phenoxy) is 2. The van der Waals surface area contributed by atoms with Gasteiger partial charge in [0, 0.05) is 45.2 Å². The largest absolute Gasteiger partial charge is 0.378 e. The number of halogens is 1. The summed E-state index contributed by atoms with van der Waals surface area (Å²) < 4.78 is 12.8. The Morgan fingerprint density at radius 1 is 1.30 bits per heavy atom. The van der Waals surface area contributed by atoms with Crippen LogP contribution in [0.25, 0.3) is 0 Å². The molecule has 0 amide bonds. The summed E-state index contributed by atoms with van der Waals surface area (Å²) in [6, 6.07) is 0.611. The van der Waals surface area contributed by atoms with Crippen molar-refractivity contribution in [1.82, 2.24) is 25.4 Å². The monoisotopic (exact) mass is 492 g/mol. The van der Waals surface area contributed by atoms with Crippen LogP contribution in [0.3, 0.4) is 0 Å². The summed E-state index contributed by atoms with van der Waals surface area (Å²) in [7, 11) is 5.27. The number of nitrogens with zero attached hydrogens (tertiary/aromatic N) is 4. The Labute approximate surface area is 178 Å². The molecule has 1 fully saturated rings. The maximum absolute atomic E-state index is 5.72. The molecule has 1 aromatic rings. The fraction of sp³-hybridized carbons (Fsp3) is 0.833. The highest BCUT2D eigenvalue weighted by molar-refractivity contribution is 14.0. The number of aryl methyl sites for hydroxylation is 1. The molecule has 9 heteroatoms. The number of methoxy groups -OCH3 is 2. The number of hydrogen-bond acceptors (Lipinski definition) is 5. The number of aromatic nitrogens is 3. The van der Waals surface area contributed by atoms with E-state index < -0.39 is 0 Å². The first-order valence-corrected chi connectivity index (χ1v) is 9.29. The lowest BCUT2D eigenvalue weighted by Crippen LogP contribution is -2.69. The Morgan fingerprint density at radius 2 is 2.04 bits per heavy atom. The molecule has 0 bridgehead atoms. The molecule has 1 saturated carbocycles. The Balaban J connectivity index is 0.00000261. The van der Waals surface area contributed by atoms with Gasteiger partial charge < -0.3 is 20.1 Å². The average Bonchev–Trinajstić information content (AvgIpc) is 3.02. The molecule has 0 aromatic carbocycles. The number of guanidine groups is 1. The van der Waals surface area contributed by atoms with Gasteiger partial charge in [-0.15, -0.1) is 24.0 Å². The van der Waals surface area contributed by atoms with Gasteiger partial charge in [-0.2, -0.15) is 5.10 Å². The van der Waals surface area contributed by atoms with E-state index in [-0.39, 0.29) is 41.0 Å². The fourth-order valence-electron chi connectivity index (χ4n) is 3.92. The smallest absolute Gasteiger partial charge is 0.191 e. The fourth-order valence-corrected chi connectivity index (χ4v) is 3.92. The van der Waals surface area contributed by atoms with Crippen LogP contribution in [-0.2, 0) is 29.0 Å². The lowest BCUT2D eigenvalue weighted by atomic mass is 9.56. The highest BCUT2D eigenvalue weighted by Gasteiger charge is 2.58. The topological polar surface area (TPSA) is 85.6 Å². The third kappa shape index (κ3) is 4.24. The first kappa shape index (κ1) is 22.4. The number of nitrogens with one attached hydrogen (secondary N) is 2. The molecule has 2 heterocycles. The molecule has 2 aliphatic rings. The molecule has 1 aromatic heterocycles. The second-order valence-electron chi connectivity index (χ2n) is 8.07. The number of rotatable bonds is 5. The zero-order valence-electron chi connectivity index (χ0n) is 17.2. The lowest BCUT2D eigenvalue weighted by Gasteiger charge is -2.59. The predicted molar refractivity (Wildman–Crippen MR) is 115 cm³/mol. The normalized spacial score (nSPS) is 29.3. The molecule has 1 aliphatic heterocycles. The van der Waals surface area contributed by atoms with Crippen molar-refractivity contribution in [2.45, 2.75) is 70.9 Å². The van der Waals surface area contributed by atoms with Crippen molar-refractivity contribution in [2.75, 3.05) is 21.3 Å². The summed E-state index contributed by atoms with van der Waals surface area (Å²) in [5.74, 6) is 2.63. The van der Waals surface area contributed by atoms with Crippen LogP contribution in [0.1, 0.15) is 45.3 Å². The van der Waals surface area contributed by atoms with E-state index in [1.807, 2.05) is 11.7 Å². The van der Waals surface area contributed by atoms with Crippen molar-refractivity contribution in [2.24, 2.45) is 10.4 Å². The van der Waals surface area contributed by atoms with Gasteiger partial charge in [0.1, 0.15) is 12.4 Å². The number of fused-ring (bicyclic) bond motifs is 1. The van der Waals surface area contributed by atoms with Gasteiger partial charge >= 0.3 is 0 Å². The van der Waals surface area contributed by atoms with E-state index in [2.05, 4.69) is 46.5 Å². The molecule has 154 valence electrons. The molecule has 2 N–H and O–H groups in total. The summed E-state index contributed by atoms with van der Waals surface area (Å²) >= 11 is 0. The van der Waals surface area contributed by atoms with Crippen molar-refractivity contribution in [3.63, 3.8) is 0 Å². The molecule has 0 radical (unpaired) electrons.